The van der Waals surface area contributed by atoms with Gasteiger partial charge in [-0.15, -0.1) is 0 Å². The van der Waals surface area contributed by atoms with Crippen LogP contribution in [0.2, 0.25) is 0 Å². The van der Waals surface area contributed by atoms with Gasteiger partial charge < -0.3 is 9.73 Å². The molecule has 3 atom stereocenters. The zero-order valence-corrected chi connectivity index (χ0v) is 34.0. The van der Waals surface area contributed by atoms with Gasteiger partial charge in [-0.05, 0) is 101 Å². The predicted molar refractivity (Wildman–Crippen MR) is 258 cm³/mol. The maximum absolute atomic E-state index is 7.24. The number of hydrogen-bond acceptors (Lipinski definition) is 4. The average Bonchev–Trinajstić information content (AvgIpc) is 3.71. The van der Waals surface area contributed by atoms with Crippen LogP contribution in [0, 0.1) is 0 Å². The molecule has 1 aliphatic carbocycles. The zero-order chi connectivity index (χ0) is 40.9. The molecular weight excluding hydrogens is 755 g/mol. The normalized spacial score (nSPS) is 17.3. The highest BCUT2D eigenvalue weighted by atomic mass is 16.3. The summed E-state index contributed by atoms with van der Waals surface area (Å²) in [5.41, 5.74) is 11.3. The Labute approximate surface area is 358 Å². The summed E-state index contributed by atoms with van der Waals surface area (Å²) >= 11 is 0. The maximum Gasteiger partial charge on any atom is 0.169 e. The fourth-order valence-electron chi connectivity index (χ4n) is 10.5. The maximum atomic E-state index is 7.24. The first-order valence-corrected chi connectivity index (χ1v) is 21.5. The Hall–Kier alpha value is -7.82. The molecule has 1 aliphatic heterocycles. The summed E-state index contributed by atoms with van der Waals surface area (Å²) < 4.78 is 7.24. The molecule has 292 valence electrons. The van der Waals surface area contributed by atoms with Gasteiger partial charge in [-0.2, -0.15) is 0 Å². The highest BCUT2D eigenvalue weighted by molar-refractivity contribution is 6.25. The van der Waals surface area contributed by atoms with Crippen molar-refractivity contribution in [1.29, 1.82) is 0 Å². The third-order valence-electron chi connectivity index (χ3n) is 13.4. The standard InChI is InChI=1S/C58H39N3O/c1-34-48-30-39-18-7-8-19-40(39)31-49(48)53-44-22-12-11-14-36(44)25-26-45(53)52(34)46-27-28-47(54-50-32-41-20-9-10-21-42(41)33-51(50)62-55(46)54)58-60-56(37-15-3-2-4-16-37)59-57(61-58)43-24-23-35-13-5-6-17-38(35)29-43/h2-34,52,57H,1H3,(H,59,60,61). The van der Waals surface area contributed by atoms with E-state index in [1.807, 2.05) is 6.07 Å². The third kappa shape index (κ3) is 5.39. The lowest BCUT2D eigenvalue weighted by molar-refractivity contribution is 0.621. The first-order chi connectivity index (χ1) is 30.6. The number of benzene rings is 10. The van der Waals surface area contributed by atoms with Crippen molar-refractivity contribution in [2.45, 2.75) is 24.9 Å². The molecule has 4 nitrogen and oxygen atoms in total. The van der Waals surface area contributed by atoms with Crippen molar-refractivity contribution in [3.8, 4) is 11.1 Å². The lowest BCUT2D eigenvalue weighted by Crippen LogP contribution is -2.36. The predicted octanol–water partition coefficient (Wildman–Crippen LogP) is 14.6. The van der Waals surface area contributed by atoms with E-state index in [0.29, 0.717) is 0 Å². The van der Waals surface area contributed by atoms with Gasteiger partial charge >= 0.3 is 0 Å². The molecule has 3 unspecified atom stereocenters. The van der Waals surface area contributed by atoms with E-state index in [1.54, 1.807) is 0 Å². The van der Waals surface area contributed by atoms with Crippen molar-refractivity contribution in [3.05, 3.63) is 228 Å². The molecule has 1 aromatic heterocycles. The fraction of sp³-hybridized carbons (Fsp3) is 0.0690. The second-order valence-corrected chi connectivity index (χ2v) is 16.9. The smallest absolute Gasteiger partial charge is 0.169 e. The van der Waals surface area contributed by atoms with E-state index in [9.17, 15) is 0 Å². The minimum Gasteiger partial charge on any atom is -0.456 e. The monoisotopic (exact) mass is 793 g/mol. The van der Waals surface area contributed by atoms with Gasteiger partial charge in [0.15, 0.2) is 6.17 Å². The number of aliphatic imine (C=N–C) groups is 2. The van der Waals surface area contributed by atoms with E-state index < -0.39 is 6.17 Å². The van der Waals surface area contributed by atoms with Crippen molar-refractivity contribution in [2.24, 2.45) is 9.98 Å². The molecule has 0 radical (unpaired) electrons. The van der Waals surface area contributed by atoms with E-state index in [4.69, 9.17) is 14.4 Å². The quantitative estimate of drug-likeness (QED) is 0.193. The van der Waals surface area contributed by atoms with Gasteiger partial charge in [0.2, 0.25) is 0 Å². The topological polar surface area (TPSA) is 49.9 Å². The molecule has 0 saturated carbocycles. The lowest BCUT2D eigenvalue weighted by atomic mass is 9.68. The summed E-state index contributed by atoms with van der Waals surface area (Å²) in [4.78, 5) is 10.7. The van der Waals surface area contributed by atoms with Crippen LogP contribution in [0.5, 0.6) is 0 Å². The van der Waals surface area contributed by atoms with Gasteiger partial charge in [0.05, 0.1) is 0 Å². The molecule has 0 spiro atoms. The van der Waals surface area contributed by atoms with E-state index in [-0.39, 0.29) is 11.8 Å². The molecule has 0 saturated heterocycles. The summed E-state index contributed by atoms with van der Waals surface area (Å²) in [7, 11) is 0. The van der Waals surface area contributed by atoms with Crippen molar-refractivity contribution >= 4 is 76.7 Å². The van der Waals surface area contributed by atoms with Crippen molar-refractivity contribution in [1.82, 2.24) is 5.32 Å². The third-order valence-corrected chi connectivity index (χ3v) is 13.4. The Morgan fingerprint density at radius 1 is 0.452 bits per heavy atom. The molecule has 0 amide bonds. The molecular formula is C58H39N3O. The Morgan fingerprint density at radius 3 is 1.85 bits per heavy atom. The summed E-state index contributed by atoms with van der Waals surface area (Å²) in [5.74, 6) is 1.73. The molecule has 4 heteroatoms. The summed E-state index contributed by atoms with van der Waals surface area (Å²) in [6, 6.07) is 70.2. The second kappa shape index (κ2) is 13.6. The van der Waals surface area contributed by atoms with Crippen LogP contribution in [0.15, 0.2) is 209 Å². The number of nitrogens with zero attached hydrogens (tertiary/aromatic N) is 2. The van der Waals surface area contributed by atoms with Gasteiger partial charge in [-0.3, -0.25) is 0 Å². The van der Waals surface area contributed by atoms with Crippen LogP contribution in [0.4, 0.5) is 0 Å². The largest absolute Gasteiger partial charge is 0.456 e. The highest BCUT2D eigenvalue weighted by Gasteiger charge is 2.36. The van der Waals surface area contributed by atoms with Crippen LogP contribution >= 0.6 is 0 Å². The molecule has 0 bridgehead atoms. The van der Waals surface area contributed by atoms with Crippen LogP contribution in [0.1, 0.15) is 58.3 Å². The number of furan rings is 1. The lowest BCUT2D eigenvalue weighted by Gasteiger charge is -2.35. The van der Waals surface area contributed by atoms with Gasteiger partial charge in [-0.25, -0.2) is 9.98 Å². The summed E-state index contributed by atoms with van der Waals surface area (Å²) in [5, 5.41) is 15.6. The summed E-state index contributed by atoms with van der Waals surface area (Å²) in [6.45, 7) is 2.40. The van der Waals surface area contributed by atoms with Crippen LogP contribution in [0.3, 0.4) is 0 Å². The molecule has 0 fully saturated rings. The Morgan fingerprint density at radius 2 is 1.06 bits per heavy atom. The van der Waals surface area contributed by atoms with E-state index >= 15 is 0 Å². The molecule has 2 aliphatic rings. The van der Waals surface area contributed by atoms with Crippen LogP contribution in [-0.4, -0.2) is 11.7 Å². The van der Waals surface area contributed by atoms with Crippen molar-refractivity contribution in [2.75, 3.05) is 0 Å². The molecule has 11 aromatic rings. The highest BCUT2D eigenvalue weighted by Crippen LogP contribution is 2.54. The average molecular weight is 794 g/mol. The Balaban J connectivity index is 1.07. The molecule has 2 heterocycles. The fourth-order valence-corrected chi connectivity index (χ4v) is 10.5. The number of hydrogen-bond donors (Lipinski definition) is 1. The Kier molecular flexibility index (Phi) is 7.67. The molecule has 62 heavy (non-hydrogen) atoms. The molecule has 1 N–H and O–H groups in total. The first-order valence-electron chi connectivity index (χ1n) is 21.5. The minimum absolute atomic E-state index is 0.0165. The molecule has 10 aromatic carbocycles. The SMILES string of the molecule is CC1c2cc3ccccc3cc2-c2c(ccc3ccccc23)C1c1ccc(C2=NC(c3ccc4ccccc4c3)N=C(c3ccccc3)N2)c2c1oc1cc3ccccc3cc12. The van der Waals surface area contributed by atoms with Gasteiger partial charge in [0.25, 0.3) is 0 Å². The minimum atomic E-state index is -0.454. The van der Waals surface area contributed by atoms with Crippen LogP contribution < -0.4 is 5.32 Å². The number of rotatable bonds is 4. The second-order valence-electron chi connectivity index (χ2n) is 16.9. The van der Waals surface area contributed by atoms with Crippen LogP contribution in [0.25, 0.3) is 76.2 Å². The van der Waals surface area contributed by atoms with Gasteiger partial charge in [0.1, 0.15) is 22.8 Å². The number of amidine groups is 2. The zero-order valence-electron chi connectivity index (χ0n) is 34.0. The van der Waals surface area contributed by atoms with Gasteiger partial charge in [-0.1, -0.05) is 177 Å². The number of fused-ring (bicyclic) bond motifs is 11. The number of nitrogens with one attached hydrogen (secondary N) is 1. The van der Waals surface area contributed by atoms with E-state index in [0.717, 1.165) is 55.7 Å². The first kappa shape index (κ1) is 35.0. The molecule has 13 rings (SSSR count). The van der Waals surface area contributed by atoms with Crippen molar-refractivity contribution < 1.29 is 4.42 Å². The summed E-state index contributed by atoms with van der Waals surface area (Å²) in [6.07, 6.45) is -0.454. The van der Waals surface area contributed by atoms with E-state index in [1.165, 1.54) is 65.5 Å². The van der Waals surface area contributed by atoms with E-state index in [2.05, 4.69) is 200 Å². The van der Waals surface area contributed by atoms with Crippen LogP contribution in [-0.2, 0) is 0 Å². The van der Waals surface area contributed by atoms with Gasteiger partial charge in [0, 0.05) is 33.4 Å². The van der Waals surface area contributed by atoms with Crippen molar-refractivity contribution in [3.63, 3.8) is 0 Å². The Bertz CT molecular complexity index is 3710.